The van der Waals surface area contributed by atoms with Crippen LogP contribution in [-0.2, 0) is 9.84 Å². The van der Waals surface area contributed by atoms with Crippen LogP contribution in [0, 0.1) is 5.92 Å². The Bertz CT molecular complexity index is 479. The van der Waals surface area contributed by atoms with Crippen LogP contribution in [0.1, 0.15) is 26.3 Å². The molecule has 6 heteroatoms. The lowest BCUT2D eigenvalue weighted by molar-refractivity contribution is 0.556. The molecule has 0 aromatic carbocycles. The minimum absolute atomic E-state index is 0.0390. The summed E-state index contributed by atoms with van der Waals surface area (Å²) in [5, 5.41) is 3.25. The molecule has 1 saturated heterocycles. The van der Waals surface area contributed by atoms with Gasteiger partial charge in [-0.1, -0.05) is 13.8 Å². The summed E-state index contributed by atoms with van der Waals surface area (Å²) >= 11 is 0. The molecule has 2 heterocycles. The SMILES string of the molecule is CC(C)CNc1nccn1C1CCS(=O)(=O)C1. The Morgan fingerprint density at radius 2 is 2.35 bits per heavy atom. The van der Waals surface area contributed by atoms with E-state index in [9.17, 15) is 8.42 Å². The van der Waals surface area contributed by atoms with Gasteiger partial charge in [0.05, 0.1) is 17.5 Å². The van der Waals surface area contributed by atoms with Crippen LogP contribution in [0.5, 0.6) is 0 Å². The molecule has 0 spiro atoms. The molecule has 0 aliphatic carbocycles. The second kappa shape index (κ2) is 4.68. The van der Waals surface area contributed by atoms with Gasteiger partial charge in [0.2, 0.25) is 5.95 Å². The molecule has 1 unspecified atom stereocenters. The van der Waals surface area contributed by atoms with E-state index in [2.05, 4.69) is 24.1 Å². The maximum absolute atomic E-state index is 11.5. The molecule has 1 aliphatic heterocycles. The van der Waals surface area contributed by atoms with Crippen LogP contribution in [0.15, 0.2) is 12.4 Å². The van der Waals surface area contributed by atoms with Gasteiger partial charge < -0.3 is 9.88 Å². The van der Waals surface area contributed by atoms with Crippen LogP contribution in [0.25, 0.3) is 0 Å². The van der Waals surface area contributed by atoms with Crippen molar-refractivity contribution in [2.45, 2.75) is 26.3 Å². The summed E-state index contributed by atoms with van der Waals surface area (Å²) in [4.78, 5) is 4.24. The van der Waals surface area contributed by atoms with Crippen LogP contribution >= 0.6 is 0 Å². The van der Waals surface area contributed by atoms with Gasteiger partial charge in [0.25, 0.3) is 0 Å². The molecule has 1 N–H and O–H groups in total. The topological polar surface area (TPSA) is 64.0 Å². The van der Waals surface area contributed by atoms with Crippen molar-refractivity contribution < 1.29 is 8.42 Å². The van der Waals surface area contributed by atoms with Gasteiger partial charge >= 0.3 is 0 Å². The number of hydrogen-bond donors (Lipinski definition) is 1. The van der Waals surface area contributed by atoms with E-state index in [4.69, 9.17) is 0 Å². The quantitative estimate of drug-likeness (QED) is 0.883. The average Bonchev–Trinajstić information content (AvgIpc) is 2.80. The van der Waals surface area contributed by atoms with E-state index in [0.717, 1.165) is 12.5 Å². The third kappa shape index (κ3) is 3.00. The van der Waals surface area contributed by atoms with Gasteiger partial charge in [0.15, 0.2) is 9.84 Å². The summed E-state index contributed by atoms with van der Waals surface area (Å²) in [7, 11) is -2.85. The summed E-state index contributed by atoms with van der Waals surface area (Å²) < 4.78 is 24.9. The van der Waals surface area contributed by atoms with Gasteiger partial charge in [0, 0.05) is 18.9 Å². The van der Waals surface area contributed by atoms with E-state index in [-0.39, 0.29) is 11.8 Å². The molecule has 2 rings (SSSR count). The van der Waals surface area contributed by atoms with Gasteiger partial charge in [-0.15, -0.1) is 0 Å². The molecule has 1 aliphatic rings. The van der Waals surface area contributed by atoms with Gasteiger partial charge in [-0.3, -0.25) is 0 Å². The Labute approximate surface area is 102 Å². The van der Waals surface area contributed by atoms with Crippen molar-refractivity contribution in [3.05, 3.63) is 12.4 Å². The van der Waals surface area contributed by atoms with Crippen molar-refractivity contribution in [3.63, 3.8) is 0 Å². The average molecular weight is 257 g/mol. The number of hydrogen-bond acceptors (Lipinski definition) is 4. The molecule has 96 valence electrons. The highest BCUT2D eigenvalue weighted by Gasteiger charge is 2.30. The fraction of sp³-hybridized carbons (Fsp3) is 0.727. The van der Waals surface area contributed by atoms with Crippen LogP contribution in [0.2, 0.25) is 0 Å². The maximum atomic E-state index is 11.5. The first kappa shape index (κ1) is 12.4. The first-order valence-corrected chi connectivity index (χ1v) is 7.77. The van der Waals surface area contributed by atoms with Crippen molar-refractivity contribution >= 4 is 15.8 Å². The largest absolute Gasteiger partial charge is 0.355 e. The zero-order valence-corrected chi connectivity index (χ0v) is 11.1. The Morgan fingerprint density at radius 3 is 2.94 bits per heavy atom. The highest BCUT2D eigenvalue weighted by molar-refractivity contribution is 7.91. The fourth-order valence-electron chi connectivity index (χ4n) is 2.03. The van der Waals surface area contributed by atoms with Crippen LogP contribution in [-0.4, -0.2) is 36.0 Å². The first-order chi connectivity index (χ1) is 7.98. The lowest BCUT2D eigenvalue weighted by atomic mass is 10.2. The van der Waals surface area contributed by atoms with E-state index in [1.54, 1.807) is 6.20 Å². The van der Waals surface area contributed by atoms with Crippen LogP contribution in [0.3, 0.4) is 0 Å². The molecule has 17 heavy (non-hydrogen) atoms. The molecule has 0 amide bonds. The summed E-state index contributed by atoms with van der Waals surface area (Å²) in [6.07, 6.45) is 4.26. The zero-order valence-electron chi connectivity index (χ0n) is 10.3. The highest BCUT2D eigenvalue weighted by Crippen LogP contribution is 2.26. The van der Waals surface area contributed by atoms with Crippen LogP contribution < -0.4 is 5.32 Å². The molecular formula is C11H19N3O2S. The first-order valence-electron chi connectivity index (χ1n) is 5.95. The second-order valence-corrected chi connectivity index (χ2v) is 7.22. The van der Waals surface area contributed by atoms with Crippen molar-refractivity contribution in [1.82, 2.24) is 9.55 Å². The molecule has 0 bridgehead atoms. The summed E-state index contributed by atoms with van der Waals surface area (Å²) in [5.74, 6) is 1.84. The van der Waals surface area contributed by atoms with E-state index >= 15 is 0 Å². The smallest absolute Gasteiger partial charge is 0.203 e. The summed E-state index contributed by atoms with van der Waals surface area (Å²) in [6, 6.07) is 0.0390. The van der Waals surface area contributed by atoms with E-state index in [1.807, 2.05) is 10.8 Å². The number of nitrogens with zero attached hydrogens (tertiary/aromatic N) is 2. The van der Waals surface area contributed by atoms with Crippen molar-refractivity contribution in [1.29, 1.82) is 0 Å². The number of sulfone groups is 1. The molecule has 1 aromatic rings. The third-order valence-corrected chi connectivity index (χ3v) is 4.69. The molecule has 0 saturated carbocycles. The Hall–Kier alpha value is -1.04. The fourth-order valence-corrected chi connectivity index (χ4v) is 3.75. The van der Waals surface area contributed by atoms with E-state index in [0.29, 0.717) is 18.1 Å². The normalized spacial score (nSPS) is 23.1. The lowest BCUT2D eigenvalue weighted by Gasteiger charge is -2.15. The molecule has 5 nitrogen and oxygen atoms in total. The standard InChI is InChI=1S/C11H19N3O2S/c1-9(2)7-13-11-12-4-5-14(11)10-3-6-17(15,16)8-10/h4-5,9-10H,3,6-8H2,1-2H3,(H,12,13). The van der Waals surface area contributed by atoms with Crippen molar-refractivity contribution in [2.24, 2.45) is 5.92 Å². The Morgan fingerprint density at radius 1 is 1.59 bits per heavy atom. The monoisotopic (exact) mass is 257 g/mol. The number of imidazole rings is 1. The molecule has 1 aromatic heterocycles. The summed E-state index contributed by atoms with van der Waals surface area (Å²) in [6.45, 7) is 5.09. The van der Waals surface area contributed by atoms with E-state index < -0.39 is 9.84 Å². The number of nitrogens with one attached hydrogen (secondary N) is 1. The van der Waals surface area contributed by atoms with Crippen LogP contribution in [0.4, 0.5) is 5.95 Å². The number of rotatable bonds is 4. The van der Waals surface area contributed by atoms with E-state index in [1.165, 1.54) is 0 Å². The number of aromatic nitrogens is 2. The lowest BCUT2D eigenvalue weighted by Crippen LogP contribution is -2.16. The highest BCUT2D eigenvalue weighted by atomic mass is 32.2. The minimum atomic E-state index is -2.85. The minimum Gasteiger partial charge on any atom is -0.355 e. The maximum Gasteiger partial charge on any atom is 0.203 e. The predicted octanol–water partition coefficient (Wildman–Crippen LogP) is 1.31. The van der Waals surface area contributed by atoms with Gasteiger partial charge in [-0.25, -0.2) is 13.4 Å². The van der Waals surface area contributed by atoms with Gasteiger partial charge in [0.1, 0.15) is 0 Å². The van der Waals surface area contributed by atoms with Crippen molar-refractivity contribution in [3.8, 4) is 0 Å². The zero-order chi connectivity index (χ0) is 12.5. The predicted molar refractivity (Wildman–Crippen MR) is 67.9 cm³/mol. The van der Waals surface area contributed by atoms with Gasteiger partial charge in [-0.05, 0) is 12.3 Å². The number of anilines is 1. The molecule has 0 radical (unpaired) electrons. The Balaban J connectivity index is 2.09. The second-order valence-electron chi connectivity index (χ2n) is 4.99. The molecule has 1 fully saturated rings. The third-order valence-electron chi connectivity index (χ3n) is 2.94. The van der Waals surface area contributed by atoms with Crippen molar-refractivity contribution in [2.75, 3.05) is 23.4 Å². The Kier molecular flexibility index (Phi) is 3.42. The molecular weight excluding hydrogens is 238 g/mol. The molecule has 1 atom stereocenters. The summed E-state index contributed by atoms with van der Waals surface area (Å²) in [5.41, 5.74) is 0. The van der Waals surface area contributed by atoms with Gasteiger partial charge in [-0.2, -0.15) is 0 Å².